The summed E-state index contributed by atoms with van der Waals surface area (Å²) >= 11 is 5.05. The Labute approximate surface area is 133 Å². The van der Waals surface area contributed by atoms with Gasteiger partial charge in [-0.25, -0.2) is 0 Å². The van der Waals surface area contributed by atoms with Crippen molar-refractivity contribution in [3.8, 4) is 0 Å². The van der Waals surface area contributed by atoms with Crippen molar-refractivity contribution in [2.75, 3.05) is 6.54 Å². The van der Waals surface area contributed by atoms with E-state index in [1.807, 2.05) is 0 Å². The molecule has 2 N–H and O–H groups in total. The van der Waals surface area contributed by atoms with Crippen LogP contribution in [0.3, 0.4) is 0 Å². The maximum atomic E-state index is 12.7. The van der Waals surface area contributed by atoms with E-state index in [9.17, 15) is 4.79 Å². The molecule has 0 aromatic rings. The van der Waals surface area contributed by atoms with Gasteiger partial charge in [-0.1, -0.05) is 19.1 Å². The molecular formula is C17H28N2OS. The highest BCUT2D eigenvalue weighted by atomic mass is 32.1. The molecule has 4 aliphatic rings. The van der Waals surface area contributed by atoms with Crippen molar-refractivity contribution in [3.05, 3.63) is 0 Å². The van der Waals surface area contributed by atoms with Crippen LogP contribution in [0, 0.1) is 17.8 Å². The molecule has 4 fully saturated rings. The van der Waals surface area contributed by atoms with Crippen LogP contribution in [0.15, 0.2) is 0 Å². The van der Waals surface area contributed by atoms with Gasteiger partial charge in [-0.3, -0.25) is 4.79 Å². The Hall–Kier alpha value is -0.640. The lowest BCUT2D eigenvalue weighted by molar-refractivity contribution is -0.150. The van der Waals surface area contributed by atoms with Crippen LogP contribution in [0.4, 0.5) is 0 Å². The van der Waals surface area contributed by atoms with Gasteiger partial charge in [0.25, 0.3) is 0 Å². The fourth-order valence-electron chi connectivity index (χ4n) is 5.59. The standard InChI is InChI=1S/C17H28N2OS/c1-2-3-16(20)19(5-4-15(18)21)17-9-12-6-13(10-17)8-14(7-12)11-17/h12-14H,2-11H2,1H3,(H2,18,21). The fraction of sp³-hybridized carbons (Fsp3) is 0.882. The summed E-state index contributed by atoms with van der Waals surface area (Å²) in [5.74, 6) is 2.91. The molecule has 4 saturated carbocycles. The molecule has 4 bridgehead atoms. The van der Waals surface area contributed by atoms with Gasteiger partial charge in [0.15, 0.2) is 0 Å². The summed E-state index contributed by atoms with van der Waals surface area (Å²) in [7, 11) is 0. The minimum atomic E-state index is 0.145. The van der Waals surface area contributed by atoms with Crippen LogP contribution < -0.4 is 5.73 Å². The number of rotatable bonds is 6. The van der Waals surface area contributed by atoms with Gasteiger partial charge in [0.2, 0.25) is 5.91 Å². The van der Waals surface area contributed by atoms with E-state index < -0.39 is 0 Å². The zero-order chi connectivity index (χ0) is 15.0. The molecule has 1 amide bonds. The number of hydrogen-bond donors (Lipinski definition) is 1. The Balaban J connectivity index is 1.81. The largest absolute Gasteiger partial charge is 0.393 e. The third-order valence-corrected chi connectivity index (χ3v) is 6.13. The van der Waals surface area contributed by atoms with Crippen LogP contribution in [0.2, 0.25) is 0 Å². The number of carbonyl (C=O) groups excluding carboxylic acids is 1. The van der Waals surface area contributed by atoms with Crippen LogP contribution in [0.1, 0.15) is 64.7 Å². The highest BCUT2D eigenvalue weighted by molar-refractivity contribution is 7.80. The molecule has 0 unspecified atom stereocenters. The van der Waals surface area contributed by atoms with Crippen LogP contribution in [0.25, 0.3) is 0 Å². The smallest absolute Gasteiger partial charge is 0.223 e. The number of thiocarbonyl (C=S) groups is 1. The summed E-state index contributed by atoms with van der Waals surface area (Å²) in [5.41, 5.74) is 5.84. The minimum absolute atomic E-state index is 0.145. The molecule has 3 nitrogen and oxygen atoms in total. The molecule has 0 aliphatic heterocycles. The maximum absolute atomic E-state index is 12.7. The third-order valence-electron chi connectivity index (χ3n) is 5.93. The highest BCUT2D eigenvalue weighted by Gasteiger charge is 2.54. The van der Waals surface area contributed by atoms with E-state index in [1.54, 1.807) is 0 Å². The Bertz CT molecular complexity index is 399. The van der Waals surface area contributed by atoms with Gasteiger partial charge in [0, 0.05) is 24.9 Å². The zero-order valence-corrected chi connectivity index (χ0v) is 14.0. The summed E-state index contributed by atoms with van der Waals surface area (Å²) in [6, 6.07) is 0. The maximum Gasteiger partial charge on any atom is 0.223 e. The quantitative estimate of drug-likeness (QED) is 0.766. The Morgan fingerprint density at radius 1 is 1.14 bits per heavy atom. The summed E-state index contributed by atoms with van der Waals surface area (Å²) in [5, 5.41) is 0. The SMILES string of the molecule is CCCC(=O)N(CCC(N)=S)C12CC3CC(CC(C3)C1)C2. The van der Waals surface area contributed by atoms with E-state index in [4.69, 9.17) is 18.0 Å². The minimum Gasteiger partial charge on any atom is -0.393 e. The number of hydrogen-bond acceptors (Lipinski definition) is 2. The number of nitrogens with two attached hydrogens (primary N) is 1. The number of carbonyl (C=O) groups is 1. The van der Waals surface area contributed by atoms with Crippen LogP contribution in [0.5, 0.6) is 0 Å². The van der Waals surface area contributed by atoms with Crippen molar-refractivity contribution in [2.45, 2.75) is 70.3 Å². The monoisotopic (exact) mass is 308 g/mol. The third kappa shape index (κ3) is 2.96. The molecule has 4 rings (SSSR count). The lowest BCUT2D eigenvalue weighted by atomic mass is 9.52. The first-order valence-electron chi connectivity index (χ1n) is 8.61. The van der Waals surface area contributed by atoms with E-state index in [0.29, 0.717) is 23.7 Å². The normalized spacial score (nSPS) is 36.7. The molecular weight excluding hydrogens is 280 g/mol. The van der Waals surface area contributed by atoms with Crippen molar-refractivity contribution in [3.63, 3.8) is 0 Å². The zero-order valence-electron chi connectivity index (χ0n) is 13.1. The predicted octanol–water partition coefficient (Wildman–Crippen LogP) is 3.26. The van der Waals surface area contributed by atoms with E-state index in [-0.39, 0.29) is 5.54 Å². The Morgan fingerprint density at radius 2 is 1.67 bits per heavy atom. The second kappa shape index (κ2) is 5.86. The van der Waals surface area contributed by atoms with Gasteiger partial charge in [-0.05, 0) is 62.7 Å². The van der Waals surface area contributed by atoms with Crippen LogP contribution in [-0.2, 0) is 4.79 Å². The van der Waals surface area contributed by atoms with Gasteiger partial charge >= 0.3 is 0 Å². The van der Waals surface area contributed by atoms with Gasteiger partial charge in [-0.15, -0.1) is 0 Å². The molecule has 118 valence electrons. The molecule has 0 aromatic heterocycles. The van der Waals surface area contributed by atoms with Gasteiger partial charge in [0.05, 0.1) is 4.99 Å². The van der Waals surface area contributed by atoms with Crippen LogP contribution >= 0.6 is 12.2 Å². The van der Waals surface area contributed by atoms with E-state index in [1.165, 1.54) is 38.5 Å². The Kier molecular flexibility index (Phi) is 4.26. The van der Waals surface area contributed by atoms with Crippen molar-refractivity contribution >= 4 is 23.1 Å². The van der Waals surface area contributed by atoms with E-state index in [0.717, 1.165) is 30.7 Å². The van der Waals surface area contributed by atoms with Gasteiger partial charge in [0.1, 0.15) is 0 Å². The summed E-state index contributed by atoms with van der Waals surface area (Å²) in [6.07, 6.45) is 10.2. The fourth-order valence-corrected chi connectivity index (χ4v) is 5.68. The highest BCUT2D eigenvalue weighted by Crippen LogP contribution is 2.57. The van der Waals surface area contributed by atoms with Gasteiger partial charge in [-0.2, -0.15) is 0 Å². The molecule has 4 aliphatic carbocycles. The first kappa shape index (κ1) is 15.3. The van der Waals surface area contributed by atoms with Crippen molar-refractivity contribution in [1.82, 2.24) is 4.90 Å². The number of nitrogens with zero attached hydrogens (tertiary/aromatic N) is 1. The van der Waals surface area contributed by atoms with E-state index in [2.05, 4.69) is 11.8 Å². The summed E-state index contributed by atoms with van der Waals surface area (Å²) < 4.78 is 0. The molecule has 0 aromatic carbocycles. The predicted molar refractivity (Wildman–Crippen MR) is 88.9 cm³/mol. The summed E-state index contributed by atoms with van der Waals surface area (Å²) in [6.45, 7) is 2.82. The van der Waals surface area contributed by atoms with Crippen LogP contribution in [-0.4, -0.2) is 27.9 Å². The molecule has 0 saturated heterocycles. The molecule has 0 atom stereocenters. The average molecular weight is 308 g/mol. The first-order valence-corrected chi connectivity index (χ1v) is 9.02. The number of amides is 1. The lowest BCUT2D eigenvalue weighted by Gasteiger charge is -2.60. The molecule has 21 heavy (non-hydrogen) atoms. The first-order chi connectivity index (χ1) is 10.0. The Morgan fingerprint density at radius 3 is 2.10 bits per heavy atom. The topological polar surface area (TPSA) is 46.3 Å². The second-order valence-electron chi connectivity index (χ2n) is 7.65. The molecule has 0 spiro atoms. The molecule has 0 radical (unpaired) electrons. The van der Waals surface area contributed by atoms with Gasteiger partial charge < -0.3 is 10.6 Å². The molecule has 4 heteroatoms. The van der Waals surface area contributed by atoms with Crippen molar-refractivity contribution in [1.29, 1.82) is 0 Å². The average Bonchev–Trinajstić information content (AvgIpc) is 2.36. The molecule has 0 heterocycles. The van der Waals surface area contributed by atoms with Crippen molar-refractivity contribution in [2.24, 2.45) is 23.5 Å². The second-order valence-corrected chi connectivity index (χ2v) is 8.18. The lowest BCUT2D eigenvalue weighted by Crippen LogP contribution is -2.61. The summed E-state index contributed by atoms with van der Waals surface area (Å²) in [4.78, 5) is 15.5. The van der Waals surface area contributed by atoms with Crippen molar-refractivity contribution < 1.29 is 4.79 Å². The van der Waals surface area contributed by atoms with E-state index >= 15 is 0 Å².